The second kappa shape index (κ2) is 6.31. The Labute approximate surface area is 103 Å². The zero-order chi connectivity index (χ0) is 11.2. The third-order valence-electron chi connectivity index (χ3n) is 3.15. The van der Waals surface area contributed by atoms with E-state index in [2.05, 4.69) is 36.6 Å². The standard InChI is InChI=1S/C14H20OS/c1-16-11-14(12-7-3-2-4-8-12)15-13-9-5-6-10-13/h2-4,7-8,13-14H,5-6,9-11H2,1H3. The van der Waals surface area contributed by atoms with Crippen LogP contribution < -0.4 is 0 Å². The number of rotatable bonds is 5. The Morgan fingerprint density at radius 1 is 1.25 bits per heavy atom. The predicted molar refractivity (Wildman–Crippen MR) is 70.9 cm³/mol. The van der Waals surface area contributed by atoms with Crippen molar-refractivity contribution < 1.29 is 4.74 Å². The van der Waals surface area contributed by atoms with Gasteiger partial charge in [-0.05, 0) is 24.7 Å². The molecule has 1 nitrogen and oxygen atoms in total. The lowest BCUT2D eigenvalue weighted by Gasteiger charge is -2.21. The summed E-state index contributed by atoms with van der Waals surface area (Å²) in [6.07, 6.45) is 8.09. The Morgan fingerprint density at radius 3 is 2.56 bits per heavy atom. The van der Waals surface area contributed by atoms with E-state index in [9.17, 15) is 0 Å². The van der Waals surface area contributed by atoms with E-state index in [0.717, 1.165) is 5.75 Å². The fourth-order valence-electron chi connectivity index (χ4n) is 2.29. The van der Waals surface area contributed by atoms with Gasteiger partial charge in [0.2, 0.25) is 0 Å². The van der Waals surface area contributed by atoms with Crippen LogP contribution in [-0.4, -0.2) is 18.1 Å². The lowest BCUT2D eigenvalue weighted by Crippen LogP contribution is -2.15. The first-order valence-electron chi connectivity index (χ1n) is 6.09. The van der Waals surface area contributed by atoms with Gasteiger partial charge < -0.3 is 4.74 Å². The van der Waals surface area contributed by atoms with E-state index in [1.54, 1.807) is 0 Å². The van der Waals surface area contributed by atoms with Crippen LogP contribution >= 0.6 is 11.8 Å². The first-order chi connectivity index (χ1) is 7.90. The average Bonchev–Trinajstić information content (AvgIpc) is 2.83. The third kappa shape index (κ3) is 3.26. The fourth-order valence-corrected chi connectivity index (χ4v) is 2.86. The Hall–Kier alpha value is -0.470. The second-order valence-corrected chi connectivity index (χ2v) is 5.31. The van der Waals surface area contributed by atoms with E-state index in [4.69, 9.17) is 4.74 Å². The van der Waals surface area contributed by atoms with Crippen molar-refractivity contribution in [2.24, 2.45) is 0 Å². The van der Waals surface area contributed by atoms with Gasteiger partial charge in [-0.1, -0.05) is 43.2 Å². The maximum Gasteiger partial charge on any atom is 0.0918 e. The van der Waals surface area contributed by atoms with Crippen LogP contribution in [0, 0.1) is 0 Å². The van der Waals surface area contributed by atoms with Crippen molar-refractivity contribution in [3.8, 4) is 0 Å². The molecule has 1 atom stereocenters. The minimum absolute atomic E-state index is 0.277. The van der Waals surface area contributed by atoms with E-state index in [0.29, 0.717) is 6.10 Å². The number of thioether (sulfide) groups is 1. The number of hydrogen-bond donors (Lipinski definition) is 0. The van der Waals surface area contributed by atoms with E-state index < -0.39 is 0 Å². The van der Waals surface area contributed by atoms with Gasteiger partial charge in [0.25, 0.3) is 0 Å². The van der Waals surface area contributed by atoms with Crippen molar-refractivity contribution in [1.29, 1.82) is 0 Å². The molecule has 0 bridgehead atoms. The molecule has 1 unspecified atom stereocenters. The van der Waals surface area contributed by atoms with Crippen LogP contribution in [-0.2, 0) is 4.74 Å². The highest BCUT2D eigenvalue weighted by molar-refractivity contribution is 7.98. The van der Waals surface area contributed by atoms with Gasteiger partial charge in [0.05, 0.1) is 12.2 Å². The van der Waals surface area contributed by atoms with Crippen molar-refractivity contribution >= 4 is 11.8 Å². The van der Waals surface area contributed by atoms with Crippen LogP contribution in [0.1, 0.15) is 37.4 Å². The number of ether oxygens (including phenoxy) is 1. The molecule has 1 fully saturated rings. The van der Waals surface area contributed by atoms with Crippen molar-refractivity contribution in [3.05, 3.63) is 35.9 Å². The van der Waals surface area contributed by atoms with Crippen LogP contribution in [0.15, 0.2) is 30.3 Å². The van der Waals surface area contributed by atoms with Gasteiger partial charge in [-0.25, -0.2) is 0 Å². The Kier molecular flexibility index (Phi) is 4.73. The van der Waals surface area contributed by atoms with Crippen molar-refractivity contribution in [2.45, 2.75) is 37.9 Å². The zero-order valence-corrected chi connectivity index (χ0v) is 10.7. The lowest BCUT2D eigenvalue weighted by atomic mass is 10.1. The molecular formula is C14H20OS. The summed E-state index contributed by atoms with van der Waals surface area (Å²) in [7, 11) is 0. The maximum absolute atomic E-state index is 6.22. The van der Waals surface area contributed by atoms with E-state index in [-0.39, 0.29) is 6.10 Å². The first kappa shape index (κ1) is 12.0. The summed E-state index contributed by atoms with van der Waals surface area (Å²) in [4.78, 5) is 0. The molecule has 1 aromatic rings. The van der Waals surface area contributed by atoms with Crippen LogP contribution in [0.3, 0.4) is 0 Å². The molecule has 2 heteroatoms. The highest BCUT2D eigenvalue weighted by atomic mass is 32.2. The average molecular weight is 236 g/mol. The summed E-state index contributed by atoms with van der Waals surface area (Å²) in [5.74, 6) is 1.06. The summed E-state index contributed by atoms with van der Waals surface area (Å²) in [6, 6.07) is 10.6. The highest BCUT2D eigenvalue weighted by Gasteiger charge is 2.21. The van der Waals surface area contributed by atoms with Gasteiger partial charge in [0, 0.05) is 5.75 Å². The summed E-state index contributed by atoms with van der Waals surface area (Å²) in [5, 5.41) is 0. The predicted octanol–water partition coefficient (Wildman–Crippen LogP) is 4.05. The highest BCUT2D eigenvalue weighted by Crippen LogP contribution is 2.29. The zero-order valence-electron chi connectivity index (χ0n) is 9.89. The molecule has 0 saturated heterocycles. The topological polar surface area (TPSA) is 9.23 Å². The van der Waals surface area contributed by atoms with E-state index in [1.807, 2.05) is 11.8 Å². The lowest BCUT2D eigenvalue weighted by molar-refractivity contribution is 0.00374. The maximum atomic E-state index is 6.22. The van der Waals surface area contributed by atoms with Crippen molar-refractivity contribution in [1.82, 2.24) is 0 Å². The molecule has 1 aromatic carbocycles. The van der Waals surface area contributed by atoms with Crippen LogP contribution in [0.2, 0.25) is 0 Å². The van der Waals surface area contributed by atoms with E-state index >= 15 is 0 Å². The summed E-state index contributed by atoms with van der Waals surface area (Å²) in [6.45, 7) is 0. The first-order valence-corrected chi connectivity index (χ1v) is 7.49. The Morgan fingerprint density at radius 2 is 1.94 bits per heavy atom. The summed E-state index contributed by atoms with van der Waals surface area (Å²) < 4.78 is 6.22. The molecule has 1 aliphatic carbocycles. The molecule has 88 valence electrons. The monoisotopic (exact) mass is 236 g/mol. The molecule has 0 spiro atoms. The second-order valence-electron chi connectivity index (χ2n) is 4.40. The van der Waals surface area contributed by atoms with Gasteiger partial charge in [-0.15, -0.1) is 0 Å². The van der Waals surface area contributed by atoms with Gasteiger partial charge in [-0.3, -0.25) is 0 Å². The van der Waals surface area contributed by atoms with Crippen molar-refractivity contribution in [2.75, 3.05) is 12.0 Å². The van der Waals surface area contributed by atoms with Crippen molar-refractivity contribution in [3.63, 3.8) is 0 Å². The van der Waals surface area contributed by atoms with Crippen LogP contribution in [0.5, 0.6) is 0 Å². The Bertz CT molecular complexity index is 293. The largest absolute Gasteiger partial charge is 0.369 e. The number of hydrogen-bond acceptors (Lipinski definition) is 2. The molecule has 0 aliphatic heterocycles. The molecule has 0 heterocycles. The third-order valence-corrected chi connectivity index (χ3v) is 3.78. The number of benzene rings is 1. The molecular weight excluding hydrogens is 216 g/mol. The Balaban J connectivity index is 1.99. The molecule has 1 aliphatic rings. The smallest absolute Gasteiger partial charge is 0.0918 e. The minimum Gasteiger partial charge on any atom is -0.369 e. The molecule has 0 radical (unpaired) electrons. The fraction of sp³-hybridized carbons (Fsp3) is 0.571. The normalized spacial score (nSPS) is 18.8. The summed E-state index contributed by atoms with van der Waals surface area (Å²) in [5.41, 5.74) is 1.32. The SMILES string of the molecule is CSCC(OC1CCCC1)c1ccccc1. The van der Waals surface area contributed by atoms with Crippen LogP contribution in [0.4, 0.5) is 0 Å². The summed E-state index contributed by atoms with van der Waals surface area (Å²) >= 11 is 1.86. The molecule has 16 heavy (non-hydrogen) atoms. The molecule has 1 saturated carbocycles. The molecule has 0 aromatic heterocycles. The quantitative estimate of drug-likeness (QED) is 0.762. The van der Waals surface area contributed by atoms with Crippen LogP contribution in [0.25, 0.3) is 0 Å². The molecule has 0 amide bonds. The minimum atomic E-state index is 0.277. The van der Waals surface area contributed by atoms with Gasteiger partial charge in [0.15, 0.2) is 0 Å². The van der Waals surface area contributed by atoms with Gasteiger partial charge in [0.1, 0.15) is 0 Å². The molecule has 0 N–H and O–H groups in total. The molecule has 2 rings (SSSR count). The van der Waals surface area contributed by atoms with Gasteiger partial charge >= 0.3 is 0 Å². The van der Waals surface area contributed by atoms with Gasteiger partial charge in [-0.2, -0.15) is 11.8 Å². The van der Waals surface area contributed by atoms with E-state index in [1.165, 1.54) is 31.2 Å².